The number of rotatable bonds is 2. The Morgan fingerprint density at radius 2 is 2.13 bits per heavy atom. The molecule has 4 heteroatoms. The van der Waals surface area contributed by atoms with E-state index in [4.69, 9.17) is 4.79 Å². The second kappa shape index (κ2) is 6.16. The maximum atomic E-state index is 9.85. The second-order valence-electron chi connectivity index (χ2n) is 7.64. The van der Waals surface area contributed by atoms with Gasteiger partial charge in [-0.05, 0) is 72.7 Å². The van der Waals surface area contributed by atoms with E-state index in [2.05, 4.69) is 30.5 Å². The van der Waals surface area contributed by atoms with Gasteiger partial charge in [0.15, 0.2) is 0 Å². The fourth-order valence-electron chi connectivity index (χ4n) is 4.55. The fourth-order valence-corrected chi connectivity index (χ4v) is 4.55. The van der Waals surface area contributed by atoms with Crippen molar-refractivity contribution in [3.63, 3.8) is 0 Å². The Morgan fingerprint density at radius 3 is 2.78 bits per heavy atom. The summed E-state index contributed by atoms with van der Waals surface area (Å²) < 4.78 is 0. The molecule has 0 radical (unpaired) electrons. The molecule has 4 rings (SSSR count). The number of nitrogens with two attached hydrogens (primary N) is 1. The Balaban J connectivity index is 0.000000485. The highest BCUT2D eigenvalue weighted by atomic mass is 16.3. The number of hydrogen-bond acceptors (Lipinski definition) is 3. The van der Waals surface area contributed by atoms with Gasteiger partial charge < -0.3 is 10.8 Å². The molecule has 3 N–H and O–H groups in total. The third-order valence-electron chi connectivity index (χ3n) is 6.30. The summed E-state index contributed by atoms with van der Waals surface area (Å²) in [6.07, 6.45) is 5.53. The van der Waals surface area contributed by atoms with E-state index in [-0.39, 0.29) is 11.8 Å². The predicted octanol–water partition coefficient (Wildman–Crippen LogP) is 2.43. The molecule has 3 aliphatic rings. The van der Waals surface area contributed by atoms with Crippen LogP contribution < -0.4 is 5.73 Å². The molecule has 1 heterocycles. The molecule has 1 saturated heterocycles. The van der Waals surface area contributed by atoms with Crippen LogP contribution in [0.25, 0.3) is 0 Å². The van der Waals surface area contributed by atoms with Crippen molar-refractivity contribution in [2.24, 2.45) is 17.6 Å². The third kappa shape index (κ3) is 2.97. The Bertz CT molecular complexity index is 585. The number of piperidine rings is 1. The van der Waals surface area contributed by atoms with Crippen LogP contribution in [-0.2, 0) is 16.6 Å². The van der Waals surface area contributed by atoms with Gasteiger partial charge in [-0.25, -0.2) is 0 Å². The monoisotopic (exact) mass is 316 g/mol. The number of likely N-dealkylation sites (tertiary alicyclic amines) is 1. The first-order valence-corrected chi connectivity index (χ1v) is 8.71. The lowest BCUT2D eigenvalue weighted by atomic mass is 9.59. The number of benzene rings is 1. The van der Waals surface area contributed by atoms with Gasteiger partial charge in [0.25, 0.3) is 0 Å². The number of carbonyl (C=O) groups excluding carboxylic acids is 1. The number of phenolic OH excluding ortho intramolecular Hbond substituents is 1. The van der Waals surface area contributed by atoms with Crippen molar-refractivity contribution in [2.45, 2.75) is 51.0 Å². The van der Waals surface area contributed by atoms with Crippen molar-refractivity contribution in [3.05, 3.63) is 29.3 Å². The van der Waals surface area contributed by atoms with Crippen LogP contribution in [0.1, 0.15) is 44.2 Å². The number of fused-ring (bicyclic) bond motifs is 4. The highest BCUT2D eigenvalue weighted by molar-refractivity contribution is 5.44. The summed E-state index contributed by atoms with van der Waals surface area (Å²) in [6.45, 7) is 7.39. The summed E-state index contributed by atoms with van der Waals surface area (Å²) in [4.78, 5) is 11.3. The molecule has 126 valence electrons. The lowest BCUT2D eigenvalue weighted by molar-refractivity contribution is -0.106. The predicted molar refractivity (Wildman–Crippen MR) is 91.3 cm³/mol. The number of hydrogen-bond donors (Lipinski definition) is 2. The van der Waals surface area contributed by atoms with Gasteiger partial charge in [-0.3, -0.25) is 9.69 Å². The summed E-state index contributed by atoms with van der Waals surface area (Å²) in [5, 5.41) is 9.85. The van der Waals surface area contributed by atoms with E-state index < -0.39 is 0 Å². The van der Waals surface area contributed by atoms with Gasteiger partial charge in [0, 0.05) is 12.6 Å². The molecule has 1 amide bonds. The first-order chi connectivity index (χ1) is 11.0. The van der Waals surface area contributed by atoms with Gasteiger partial charge >= 0.3 is 0 Å². The van der Waals surface area contributed by atoms with Crippen molar-refractivity contribution < 1.29 is 9.90 Å². The fraction of sp³-hybridized carbons (Fsp3) is 0.632. The van der Waals surface area contributed by atoms with E-state index >= 15 is 0 Å². The minimum atomic E-state index is 0.247. The largest absolute Gasteiger partial charge is 0.508 e. The van der Waals surface area contributed by atoms with Gasteiger partial charge in [-0.1, -0.05) is 19.9 Å². The minimum Gasteiger partial charge on any atom is -0.508 e. The summed E-state index contributed by atoms with van der Waals surface area (Å²) in [7, 11) is 0. The smallest absolute Gasteiger partial charge is 0.204 e. The Labute approximate surface area is 138 Å². The average Bonchev–Trinajstić information content (AvgIpc) is 3.32. The molecule has 23 heavy (non-hydrogen) atoms. The molecular formula is C19H28N2O2. The normalized spacial score (nSPS) is 32.4. The van der Waals surface area contributed by atoms with Gasteiger partial charge in [0.05, 0.1) is 0 Å². The van der Waals surface area contributed by atoms with Crippen LogP contribution in [0.5, 0.6) is 5.75 Å². The Kier molecular flexibility index (Phi) is 4.37. The number of carbonyl (C=O) groups is 1. The molecule has 0 aromatic heterocycles. The van der Waals surface area contributed by atoms with Crippen molar-refractivity contribution in [1.82, 2.24) is 4.90 Å². The topological polar surface area (TPSA) is 66.6 Å². The van der Waals surface area contributed by atoms with Crippen LogP contribution in [0.3, 0.4) is 0 Å². The van der Waals surface area contributed by atoms with Gasteiger partial charge in [-0.2, -0.15) is 0 Å². The zero-order valence-corrected chi connectivity index (χ0v) is 14.2. The van der Waals surface area contributed by atoms with E-state index in [1.807, 2.05) is 12.1 Å². The molecule has 1 aromatic carbocycles. The average molecular weight is 316 g/mol. The zero-order chi connectivity index (χ0) is 16.6. The molecule has 2 aliphatic carbocycles. The maximum absolute atomic E-state index is 9.85. The van der Waals surface area contributed by atoms with Crippen molar-refractivity contribution in [2.75, 3.05) is 13.1 Å². The van der Waals surface area contributed by atoms with E-state index in [1.165, 1.54) is 49.9 Å². The van der Waals surface area contributed by atoms with E-state index in [0.29, 0.717) is 17.7 Å². The number of primary amides is 1. The third-order valence-corrected chi connectivity index (χ3v) is 6.30. The first kappa shape index (κ1) is 16.3. The molecule has 3 unspecified atom stereocenters. The van der Waals surface area contributed by atoms with Gasteiger partial charge in [-0.15, -0.1) is 0 Å². The molecular weight excluding hydrogens is 288 g/mol. The highest BCUT2D eigenvalue weighted by Crippen LogP contribution is 2.49. The number of nitrogens with zero attached hydrogens (tertiary/aromatic N) is 1. The summed E-state index contributed by atoms with van der Waals surface area (Å²) in [5.74, 6) is 2.09. The first-order valence-electron chi connectivity index (χ1n) is 8.71. The van der Waals surface area contributed by atoms with Crippen molar-refractivity contribution >= 4 is 6.41 Å². The minimum absolute atomic E-state index is 0.247. The van der Waals surface area contributed by atoms with Crippen LogP contribution in [-0.4, -0.2) is 35.5 Å². The Hall–Kier alpha value is -1.55. The Morgan fingerprint density at radius 1 is 1.43 bits per heavy atom. The molecule has 1 saturated carbocycles. The van der Waals surface area contributed by atoms with Gasteiger partial charge in [0.1, 0.15) is 5.75 Å². The van der Waals surface area contributed by atoms with E-state index in [1.54, 1.807) is 0 Å². The van der Waals surface area contributed by atoms with Crippen molar-refractivity contribution in [1.29, 1.82) is 0 Å². The van der Waals surface area contributed by atoms with Crippen LogP contribution in [0.4, 0.5) is 0 Å². The van der Waals surface area contributed by atoms with Crippen LogP contribution in [0.2, 0.25) is 0 Å². The molecule has 3 atom stereocenters. The summed E-state index contributed by atoms with van der Waals surface area (Å²) >= 11 is 0. The lowest BCUT2D eigenvalue weighted by Gasteiger charge is -2.54. The highest BCUT2D eigenvalue weighted by Gasteiger charge is 2.48. The number of aromatic hydroxyl groups is 1. The molecule has 1 aliphatic heterocycles. The molecule has 2 fully saturated rings. The van der Waals surface area contributed by atoms with Crippen LogP contribution in [0, 0.1) is 11.8 Å². The SMILES string of the molecule is CC1C2Cc3ccc(O)cc3C1(C)CCN2CC1CC1.NC=O. The summed E-state index contributed by atoms with van der Waals surface area (Å²) in [6, 6.07) is 6.74. The molecule has 0 spiro atoms. The zero-order valence-electron chi connectivity index (χ0n) is 14.2. The van der Waals surface area contributed by atoms with Crippen molar-refractivity contribution in [3.8, 4) is 5.75 Å². The number of phenols is 1. The second-order valence-corrected chi connectivity index (χ2v) is 7.64. The van der Waals surface area contributed by atoms with Crippen LogP contribution >= 0.6 is 0 Å². The van der Waals surface area contributed by atoms with Gasteiger partial charge in [0.2, 0.25) is 6.41 Å². The van der Waals surface area contributed by atoms with Crippen LogP contribution in [0.15, 0.2) is 18.2 Å². The quantitative estimate of drug-likeness (QED) is 0.824. The molecule has 2 bridgehead atoms. The summed E-state index contributed by atoms with van der Waals surface area (Å²) in [5.41, 5.74) is 7.29. The van der Waals surface area contributed by atoms with E-state index in [0.717, 1.165) is 5.92 Å². The van der Waals surface area contributed by atoms with E-state index in [9.17, 15) is 5.11 Å². The standard InChI is InChI=1S/C18H25NO.CH3NO/c1-12-17-9-14-5-6-15(20)10-16(14)18(12,2)7-8-19(17)11-13-3-4-13;2-1-3/h5-6,10,12-13,17,20H,3-4,7-9,11H2,1-2H3;1H,(H2,2,3). The molecule has 4 nitrogen and oxygen atoms in total. The number of amides is 1. The molecule has 1 aromatic rings. The maximum Gasteiger partial charge on any atom is 0.204 e. The lowest BCUT2D eigenvalue weighted by Crippen LogP contribution is -2.58.